The number of sulfonamides is 1. The highest BCUT2D eigenvalue weighted by Gasteiger charge is 2.38. The maximum absolute atomic E-state index is 12.3. The predicted molar refractivity (Wildman–Crippen MR) is 103 cm³/mol. The zero-order chi connectivity index (χ0) is 20.0. The van der Waals surface area contributed by atoms with Crippen LogP contribution in [-0.4, -0.2) is 45.8 Å². The molecular weight excluding hydrogens is 380 g/mol. The largest absolute Gasteiger partial charge is 0.377 e. The molecule has 1 unspecified atom stereocenters. The van der Waals surface area contributed by atoms with E-state index in [0.29, 0.717) is 38.0 Å². The summed E-state index contributed by atoms with van der Waals surface area (Å²) < 4.78 is 32.7. The second-order valence-corrected chi connectivity index (χ2v) is 8.67. The molecule has 9 heteroatoms. The maximum Gasteiger partial charge on any atom is 0.251 e. The molecule has 2 aliphatic heterocycles. The van der Waals surface area contributed by atoms with Crippen molar-refractivity contribution in [3.05, 3.63) is 29.8 Å². The van der Waals surface area contributed by atoms with Gasteiger partial charge in [-0.3, -0.25) is 4.79 Å². The highest BCUT2D eigenvalue weighted by atomic mass is 32.2. The lowest BCUT2D eigenvalue weighted by atomic mass is 10.0. The van der Waals surface area contributed by atoms with E-state index < -0.39 is 15.7 Å². The molecule has 150 valence electrons. The molecule has 2 N–H and O–H groups in total. The van der Waals surface area contributed by atoms with Gasteiger partial charge in [0.05, 0.1) is 11.0 Å². The number of carbonyl (C=O) groups is 1. The molecular formula is C19H24N4O4S. The van der Waals surface area contributed by atoms with Crippen LogP contribution in [0.1, 0.15) is 42.5 Å². The number of amides is 1. The Kier molecular flexibility index (Phi) is 6.44. The summed E-state index contributed by atoms with van der Waals surface area (Å²) in [5, 5.41) is 10.8. The van der Waals surface area contributed by atoms with E-state index in [2.05, 4.69) is 26.2 Å². The van der Waals surface area contributed by atoms with Gasteiger partial charge in [0.2, 0.25) is 10.0 Å². The Labute approximate surface area is 165 Å². The van der Waals surface area contributed by atoms with Crippen LogP contribution < -0.4 is 10.0 Å². The Morgan fingerprint density at radius 2 is 2.04 bits per heavy atom. The second kappa shape index (κ2) is 8.82. The van der Waals surface area contributed by atoms with Crippen molar-refractivity contribution in [3.63, 3.8) is 0 Å². The summed E-state index contributed by atoms with van der Waals surface area (Å²) in [6.45, 7) is 1.34. The Morgan fingerprint density at radius 3 is 2.64 bits per heavy atom. The van der Waals surface area contributed by atoms with Crippen LogP contribution in [0.5, 0.6) is 0 Å². The van der Waals surface area contributed by atoms with Gasteiger partial charge in [0, 0.05) is 44.5 Å². The average molecular weight is 404 g/mol. The molecule has 1 fully saturated rings. The van der Waals surface area contributed by atoms with Gasteiger partial charge in [-0.05, 0) is 37.1 Å². The number of carbonyl (C=O) groups excluding carboxylic acids is 1. The van der Waals surface area contributed by atoms with Crippen LogP contribution in [0.2, 0.25) is 0 Å². The summed E-state index contributed by atoms with van der Waals surface area (Å²) in [6.07, 6.45) is 8.86. The number of nitrogens with one attached hydrogen (secondary N) is 2. The average Bonchev–Trinajstić information content (AvgIpc) is 3.26. The molecule has 0 aromatic heterocycles. The van der Waals surface area contributed by atoms with Gasteiger partial charge < -0.3 is 10.1 Å². The van der Waals surface area contributed by atoms with Crippen molar-refractivity contribution in [1.82, 2.24) is 10.0 Å². The van der Waals surface area contributed by atoms with Gasteiger partial charge in [-0.25, -0.2) is 13.1 Å². The lowest BCUT2D eigenvalue weighted by Gasteiger charge is -2.12. The Morgan fingerprint density at radius 1 is 1.29 bits per heavy atom. The molecule has 1 atom stereocenters. The predicted octanol–water partition coefficient (Wildman–Crippen LogP) is 1.84. The third kappa shape index (κ3) is 5.38. The highest BCUT2D eigenvalue weighted by molar-refractivity contribution is 7.89. The first-order valence-corrected chi connectivity index (χ1v) is 10.8. The smallest absolute Gasteiger partial charge is 0.251 e. The van der Waals surface area contributed by atoms with Crippen LogP contribution in [0.25, 0.3) is 0 Å². The Bertz CT molecular complexity index is 862. The monoisotopic (exact) mass is 404 g/mol. The quantitative estimate of drug-likeness (QED) is 0.580. The summed E-state index contributed by atoms with van der Waals surface area (Å²) in [6, 6.07) is 5.84. The van der Waals surface area contributed by atoms with Crippen molar-refractivity contribution in [2.45, 2.75) is 48.8 Å². The first-order chi connectivity index (χ1) is 13.4. The zero-order valence-electron chi connectivity index (χ0n) is 15.6. The van der Waals surface area contributed by atoms with Gasteiger partial charge in [-0.2, -0.15) is 10.2 Å². The topological polar surface area (TPSA) is 109 Å². The summed E-state index contributed by atoms with van der Waals surface area (Å²) in [4.78, 5) is 12.4. The van der Waals surface area contributed by atoms with Crippen LogP contribution in [0, 0.1) is 12.3 Å². The molecule has 1 aromatic carbocycles. The van der Waals surface area contributed by atoms with Gasteiger partial charge in [-0.1, -0.05) is 0 Å². The molecule has 0 bridgehead atoms. The van der Waals surface area contributed by atoms with Crippen LogP contribution in [0.4, 0.5) is 0 Å². The molecule has 0 spiro atoms. The van der Waals surface area contributed by atoms with Gasteiger partial charge in [0.1, 0.15) is 0 Å². The minimum absolute atomic E-state index is 0.0753. The number of ether oxygens (including phenoxy) is 1. The SMILES string of the molecule is C#CCCC1(CCNC(=O)c2ccc(S(=O)(=O)NCC3CCCO3)cc2)N=N1. The number of hydrogen-bond acceptors (Lipinski definition) is 6. The van der Waals surface area contributed by atoms with E-state index in [9.17, 15) is 13.2 Å². The van der Waals surface area contributed by atoms with E-state index in [4.69, 9.17) is 11.2 Å². The summed E-state index contributed by atoms with van der Waals surface area (Å²) in [5.41, 5.74) is -0.0489. The van der Waals surface area contributed by atoms with Crippen LogP contribution >= 0.6 is 0 Å². The number of nitrogens with zero attached hydrogens (tertiary/aromatic N) is 2. The van der Waals surface area contributed by atoms with Crippen LogP contribution in [-0.2, 0) is 14.8 Å². The fraction of sp³-hybridized carbons (Fsp3) is 0.526. The first-order valence-electron chi connectivity index (χ1n) is 9.31. The third-order valence-electron chi connectivity index (χ3n) is 4.82. The minimum Gasteiger partial charge on any atom is -0.377 e. The van der Waals surface area contributed by atoms with Gasteiger partial charge in [0.25, 0.3) is 5.91 Å². The minimum atomic E-state index is -3.63. The molecule has 28 heavy (non-hydrogen) atoms. The maximum atomic E-state index is 12.3. The summed E-state index contributed by atoms with van der Waals surface area (Å²) >= 11 is 0. The fourth-order valence-electron chi connectivity index (χ4n) is 3.02. The molecule has 1 aromatic rings. The zero-order valence-corrected chi connectivity index (χ0v) is 16.4. The van der Waals surface area contributed by atoms with Crippen molar-refractivity contribution in [3.8, 4) is 12.3 Å². The van der Waals surface area contributed by atoms with Crippen molar-refractivity contribution in [1.29, 1.82) is 0 Å². The molecule has 2 heterocycles. The standard InChI is InChI=1S/C19H24N4O4S/c1-2-3-10-19(22-23-19)11-12-20-18(24)15-6-8-17(9-7-15)28(25,26)21-14-16-5-4-13-27-16/h1,6-9,16,21H,3-5,10-14H2,(H,20,24). The Balaban J connectivity index is 1.47. The van der Waals surface area contributed by atoms with Crippen molar-refractivity contribution < 1.29 is 17.9 Å². The van der Waals surface area contributed by atoms with Gasteiger partial charge in [-0.15, -0.1) is 12.3 Å². The number of rotatable bonds is 10. The van der Waals surface area contributed by atoms with Gasteiger partial charge >= 0.3 is 0 Å². The molecule has 0 radical (unpaired) electrons. The van der Waals surface area contributed by atoms with E-state index in [1.165, 1.54) is 24.3 Å². The lowest BCUT2D eigenvalue weighted by Crippen LogP contribution is -2.32. The van der Waals surface area contributed by atoms with Crippen molar-refractivity contribution >= 4 is 15.9 Å². The summed E-state index contributed by atoms with van der Waals surface area (Å²) in [7, 11) is -3.63. The first kappa shape index (κ1) is 20.5. The molecule has 1 amide bonds. The van der Waals surface area contributed by atoms with E-state index >= 15 is 0 Å². The van der Waals surface area contributed by atoms with Gasteiger partial charge in [0.15, 0.2) is 5.66 Å². The summed E-state index contributed by atoms with van der Waals surface area (Å²) in [5.74, 6) is 2.29. The second-order valence-electron chi connectivity index (χ2n) is 6.90. The number of terminal acetylenes is 1. The number of hydrogen-bond donors (Lipinski definition) is 2. The van der Waals surface area contributed by atoms with E-state index in [0.717, 1.165) is 12.8 Å². The van der Waals surface area contributed by atoms with Crippen LogP contribution in [0.3, 0.4) is 0 Å². The highest BCUT2D eigenvalue weighted by Crippen LogP contribution is 2.36. The molecule has 3 rings (SSSR count). The molecule has 2 aliphatic rings. The third-order valence-corrected chi connectivity index (χ3v) is 6.25. The number of benzene rings is 1. The fourth-order valence-corrected chi connectivity index (χ4v) is 4.09. The molecule has 0 saturated carbocycles. The lowest BCUT2D eigenvalue weighted by molar-refractivity contribution is 0.0951. The van der Waals surface area contributed by atoms with Crippen molar-refractivity contribution in [2.24, 2.45) is 10.2 Å². The molecule has 8 nitrogen and oxygen atoms in total. The Hall–Kier alpha value is -2.28. The molecule has 1 saturated heterocycles. The van der Waals surface area contributed by atoms with Crippen LogP contribution in [0.15, 0.2) is 39.4 Å². The molecule has 0 aliphatic carbocycles. The normalized spacial score (nSPS) is 19.9. The van der Waals surface area contributed by atoms with E-state index in [-0.39, 0.29) is 23.5 Å². The van der Waals surface area contributed by atoms with E-state index in [1.54, 1.807) is 0 Å². The van der Waals surface area contributed by atoms with Crippen molar-refractivity contribution in [2.75, 3.05) is 19.7 Å². The van der Waals surface area contributed by atoms with E-state index in [1.807, 2.05) is 0 Å².